The molecule has 132 valence electrons. The third-order valence-corrected chi connectivity index (χ3v) is 6.58. The first-order valence-corrected chi connectivity index (χ1v) is 9.45. The zero-order valence-electron chi connectivity index (χ0n) is 14.1. The predicted octanol–water partition coefficient (Wildman–Crippen LogP) is 1.09. The van der Waals surface area contributed by atoms with Crippen molar-refractivity contribution in [3.8, 4) is 11.5 Å². The molecule has 2 aliphatic rings. The molecule has 1 amide bonds. The molecule has 0 saturated carbocycles. The standard InChI is InChI=1S/C16H22N2O5S/c1-4-17-8-9-18(16(2,3)15(17)19)24(20,21)13-7-5-6-12-14(13)23-11-10-22-12/h5-7H,4,8-11H2,1-3H3. The van der Waals surface area contributed by atoms with E-state index in [1.165, 1.54) is 10.4 Å². The van der Waals surface area contributed by atoms with Crippen LogP contribution in [0.15, 0.2) is 23.1 Å². The molecule has 0 aromatic heterocycles. The summed E-state index contributed by atoms with van der Waals surface area (Å²) in [5.41, 5.74) is -1.15. The quantitative estimate of drug-likeness (QED) is 0.812. The zero-order chi connectivity index (χ0) is 17.5. The number of amides is 1. The minimum Gasteiger partial charge on any atom is -0.486 e. The number of carbonyl (C=O) groups excluding carboxylic acids is 1. The molecule has 2 aliphatic heterocycles. The smallest absolute Gasteiger partial charge is 0.247 e. The highest BCUT2D eigenvalue weighted by Gasteiger charge is 2.48. The summed E-state index contributed by atoms with van der Waals surface area (Å²) in [5.74, 6) is 0.449. The first-order valence-electron chi connectivity index (χ1n) is 8.01. The van der Waals surface area contributed by atoms with Gasteiger partial charge in [-0.2, -0.15) is 4.31 Å². The van der Waals surface area contributed by atoms with E-state index in [-0.39, 0.29) is 23.1 Å². The molecular formula is C16H22N2O5S. The number of sulfonamides is 1. The molecule has 3 rings (SSSR count). The van der Waals surface area contributed by atoms with Crippen LogP contribution in [0.25, 0.3) is 0 Å². The molecule has 24 heavy (non-hydrogen) atoms. The van der Waals surface area contributed by atoms with Crippen LogP contribution in [0.4, 0.5) is 0 Å². The van der Waals surface area contributed by atoms with E-state index < -0.39 is 15.6 Å². The number of carbonyl (C=O) groups is 1. The lowest BCUT2D eigenvalue weighted by Gasteiger charge is -2.44. The molecule has 7 nitrogen and oxygen atoms in total. The largest absolute Gasteiger partial charge is 0.486 e. The summed E-state index contributed by atoms with van der Waals surface area (Å²) in [6.07, 6.45) is 0. The maximum absolute atomic E-state index is 13.2. The molecule has 0 aliphatic carbocycles. The summed E-state index contributed by atoms with van der Waals surface area (Å²) >= 11 is 0. The zero-order valence-corrected chi connectivity index (χ0v) is 14.9. The van der Waals surface area contributed by atoms with Gasteiger partial charge in [-0.3, -0.25) is 4.79 Å². The molecule has 0 radical (unpaired) electrons. The minimum absolute atomic E-state index is 0.0468. The first kappa shape index (κ1) is 17.0. The lowest BCUT2D eigenvalue weighted by molar-refractivity contribution is -0.144. The third-order valence-electron chi connectivity index (χ3n) is 4.49. The van der Waals surface area contributed by atoms with Gasteiger partial charge < -0.3 is 14.4 Å². The lowest BCUT2D eigenvalue weighted by atomic mass is 10.0. The average Bonchev–Trinajstić information content (AvgIpc) is 2.56. The molecule has 0 bridgehead atoms. The van der Waals surface area contributed by atoms with E-state index in [1.54, 1.807) is 30.9 Å². The van der Waals surface area contributed by atoms with Crippen molar-refractivity contribution in [3.63, 3.8) is 0 Å². The Hall–Kier alpha value is -1.80. The second-order valence-corrected chi connectivity index (χ2v) is 8.13. The van der Waals surface area contributed by atoms with Gasteiger partial charge in [0.1, 0.15) is 23.6 Å². The van der Waals surface area contributed by atoms with Crippen molar-refractivity contribution in [2.75, 3.05) is 32.8 Å². The molecule has 8 heteroatoms. The van der Waals surface area contributed by atoms with Crippen LogP contribution in [0.5, 0.6) is 11.5 Å². The first-order chi connectivity index (χ1) is 11.3. The third kappa shape index (κ3) is 2.53. The van der Waals surface area contributed by atoms with Gasteiger partial charge in [0.2, 0.25) is 15.9 Å². The van der Waals surface area contributed by atoms with Crippen molar-refractivity contribution in [1.29, 1.82) is 0 Å². The molecule has 1 aromatic carbocycles. The Morgan fingerprint density at radius 1 is 1.17 bits per heavy atom. The molecule has 1 aromatic rings. The van der Waals surface area contributed by atoms with Gasteiger partial charge in [-0.1, -0.05) is 6.07 Å². The van der Waals surface area contributed by atoms with Gasteiger partial charge in [-0.15, -0.1) is 0 Å². The van der Waals surface area contributed by atoms with Gasteiger partial charge in [-0.05, 0) is 32.9 Å². The monoisotopic (exact) mass is 354 g/mol. The van der Waals surface area contributed by atoms with Gasteiger partial charge >= 0.3 is 0 Å². The predicted molar refractivity (Wildman–Crippen MR) is 87.7 cm³/mol. The van der Waals surface area contributed by atoms with Crippen molar-refractivity contribution >= 4 is 15.9 Å². The molecule has 0 N–H and O–H groups in total. The Balaban J connectivity index is 2.04. The number of benzene rings is 1. The van der Waals surface area contributed by atoms with E-state index in [1.807, 2.05) is 6.92 Å². The second-order valence-electron chi connectivity index (χ2n) is 6.30. The fraction of sp³-hybridized carbons (Fsp3) is 0.562. The number of rotatable bonds is 3. The molecule has 0 atom stereocenters. The molecule has 0 unspecified atom stereocenters. The van der Waals surface area contributed by atoms with E-state index >= 15 is 0 Å². The maximum Gasteiger partial charge on any atom is 0.247 e. The minimum atomic E-state index is -3.89. The van der Waals surface area contributed by atoms with Crippen LogP contribution in [0.2, 0.25) is 0 Å². The van der Waals surface area contributed by atoms with Crippen LogP contribution >= 0.6 is 0 Å². The molecule has 2 heterocycles. The van der Waals surface area contributed by atoms with Gasteiger partial charge in [0, 0.05) is 19.6 Å². The SMILES string of the molecule is CCN1CCN(S(=O)(=O)c2cccc3c2OCCO3)C(C)(C)C1=O. The lowest BCUT2D eigenvalue weighted by Crippen LogP contribution is -2.64. The number of likely N-dealkylation sites (N-methyl/N-ethyl adjacent to an activating group) is 1. The summed E-state index contributed by atoms with van der Waals surface area (Å²) in [6.45, 7) is 7.04. The van der Waals surface area contributed by atoms with Crippen molar-refractivity contribution in [1.82, 2.24) is 9.21 Å². The van der Waals surface area contributed by atoms with Crippen LogP contribution in [-0.4, -0.2) is 61.9 Å². The van der Waals surface area contributed by atoms with E-state index in [4.69, 9.17) is 9.47 Å². The number of hydrogen-bond acceptors (Lipinski definition) is 5. The van der Waals surface area contributed by atoms with Crippen LogP contribution in [0.1, 0.15) is 20.8 Å². The summed E-state index contributed by atoms with van der Waals surface area (Å²) in [5, 5.41) is 0. The Bertz CT molecular complexity index is 760. The Labute approximate surface area is 142 Å². The van der Waals surface area contributed by atoms with Crippen LogP contribution in [-0.2, 0) is 14.8 Å². The Morgan fingerprint density at radius 2 is 1.88 bits per heavy atom. The fourth-order valence-corrected chi connectivity index (χ4v) is 5.06. The van der Waals surface area contributed by atoms with Gasteiger partial charge in [0.15, 0.2) is 11.5 Å². The topological polar surface area (TPSA) is 76.2 Å². The van der Waals surface area contributed by atoms with Crippen LogP contribution < -0.4 is 9.47 Å². The highest BCUT2D eigenvalue weighted by Crippen LogP contribution is 2.39. The second kappa shape index (κ2) is 5.93. The number of fused-ring (bicyclic) bond motifs is 1. The molecule has 1 fully saturated rings. The summed E-state index contributed by atoms with van der Waals surface area (Å²) in [7, 11) is -3.89. The highest BCUT2D eigenvalue weighted by molar-refractivity contribution is 7.89. The molecular weight excluding hydrogens is 332 g/mol. The number of hydrogen-bond donors (Lipinski definition) is 0. The van der Waals surface area contributed by atoms with Crippen molar-refractivity contribution in [3.05, 3.63) is 18.2 Å². The van der Waals surface area contributed by atoms with Crippen LogP contribution in [0.3, 0.4) is 0 Å². The van der Waals surface area contributed by atoms with Gasteiger partial charge in [0.05, 0.1) is 0 Å². The van der Waals surface area contributed by atoms with E-state index in [9.17, 15) is 13.2 Å². The van der Waals surface area contributed by atoms with Crippen molar-refractivity contribution in [2.24, 2.45) is 0 Å². The highest BCUT2D eigenvalue weighted by atomic mass is 32.2. The average molecular weight is 354 g/mol. The van der Waals surface area contributed by atoms with Crippen molar-refractivity contribution < 1.29 is 22.7 Å². The maximum atomic E-state index is 13.2. The van der Waals surface area contributed by atoms with E-state index in [0.717, 1.165) is 0 Å². The van der Waals surface area contributed by atoms with E-state index in [2.05, 4.69) is 0 Å². The molecule has 1 saturated heterocycles. The summed E-state index contributed by atoms with van der Waals surface area (Å²) < 4.78 is 38.7. The fourth-order valence-electron chi connectivity index (χ4n) is 3.18. The van der Waals surface area contributed by atoms with Gasteiger partial charge in [0.25, 0.3) is 0 Å². The summed E-state index contributed by atoms with van der Waals surface area (Å²) in [6, 6.07) is 4.80. The molecule has 0 spiro atoms. The van der Waals surface area contributed by atoms with E-state index in [0.29, 0.717) is 32.1 Å². The number of nitrogens with zero attached hydrogens (tertiary/aromatic N) is 2. The van der Waals surface area contributed by atoms with Gasteiger partial charge in [-0.25, -0.2) is 8.42 Å². The Kier molecular flexibility index (Phi) is 4.21. The van der Waals surface area contributed by atoms with Crippen molar-refractivity contribution in [2.45, 2.75) is 31.2 Å². The normalized spacial score (nSPS) is 21.0. The number of ether oxygens (including phenoxy) is 2. The Morgan fingerprint density at radius 3 is 2.58 bits per heavy atom. The number of para-hydroxylation sites is 1. The summed E-state index contributed by atoms with van der Waals surface area (Å²) in [4.78, 5) is 14.3. The number of piperazine rings is 1. The van der Waals surface area contributed by atoms with Crippen LogP contribution in [0, 0.1) is 0 Å².